The molecule has 1 aromatic carbocycles. The number of hydrogen-bond donors (Lipinski definition) is 3. The van der Waals surface area contributed by atoms with E-state index in [1.165, 1.54) is 18.2 Å². The summed E-state index contributed by atoms with van der Waals surface area (Å²) in [6, 6.07) is 6.57. The highest BCUT2D eigenvalue weighted by molar-refractivity contribution is 5.46. The third-order valence-corrected chi connectivity index (χ3v) is 3.06. The average molecular weight is 357 g/mol. The number of nitrogens with one attached hydrogen (secondary N) is 2. The average Bonchev–Trinajstić information content (AvgIpc) is 2.57. The minimum Gasteiger partial charge on any atom is -0.395 e. The smallest absolute Gasteiger partial charge is 0.395 e. The van der Waals surface area contributed by atoms with Gasteiger partial charge < -0.3 is 15.7 Å². The highest BCUT2D eigenvalue weighted by atomic mass is 19.4. The number of para-hydroxylation sites is 1. The predicted molar refractivity (Wildman–Crippen MR) is 83.0 cm³/mol. The van der Waals surface area contributed by atoms with Crippen molar-refractivity contribution in [1.29, 1.82) is 0 Å². The van der Waals surface area contributed by atoms with Crippen molar-refractivity contribution in [3.8, 4) is 0 Å². The SMILES string of the molecule is O=[N+]([O-])c1ccccc1CNc1cc(C(F)(F)F)nc(NCCO)n1. The van der Waals surface area contributed by atoms with Crippen molar-refractivity contribution in [3.05, 3.63) is 51.7 Å². The molecule has 0 amide bonds. The van der Waals surface area contributed by atoms with Crippen molar-refractivity contribution in [1.82, 2.24) is 9.97 Å². The second-order valence-corrected chi connectivity index (χ2v) is 4.85. The number of aromatic nitrogens is 2. The predicted octanol–water partition coefficient (Wildman–Crippen LogP) is 2.42. The lowest BCUT2D eigenvalue weighted by Gasteiger charge is -2.12. The van der Waals surface area contributed by atoms with Crippen LogP contribution >= 0.6 is 0 Å². The molecule has 0 fully saturated rings. The fourth-order valence-electron chi connectivity index (χ4n) is 1.95. The minimum absolute atomic E-state index is 0.0229. The number of nitro groups is 1. The van der Waals surface area contributed by atoms with Gasteiger partial charge in [0, 0.05) is 30.8 Å². The third-order valence-electron chi connectivity index (χ3n) is 3.06. The van der Waals surface area contributed by atoms with Crippen LogP contribution in [-0.4, -0.2) is 33.1 Å². The number of nitrogens with zero attached hydrogens (tertiary/aromatic N) is 3. The lowest BCUT2D eigenvalue weighted by Crippen LogP contribution is -2.15. The van der Waals surface area contributed by atoms with Gasteiger partial charge in [0.2, 0.25) is 5.95 Å². The molecular weight excluding hydrogens is 343 g/mol. The molecule has 2 aromatic rings. The number of aliphatic hydroxyl groups is 1. The first-order valence-corrected chi connectivity index (χ1v) is 7.08. The van der Waals surface area contributed by atoms with Crippen molar-refractivity contribution in [2.24, 2.45) is 0 Å². The second kappa shape index (κ2) is 7.75. The van der Waals surface area contributed by atoms with Crippen LogP contribution in [0.1, 0.15) is 11.3 Å². The number of alkyl halides is 3. The van der Waals surface area contributed by atoms with Crippen LogP contribution < -0.4 is 10.6 Å². The second-order valence-electron chi connectivity index (χ2n) is 4.85. The molecule has 0 saturated heterocycles. The van der Waals surface area contributed by atoms with E-state index >= 15 is 0 Å². The fraction of sp³-hybridized carbons (Fsp3) is 0.286. The molecule has 11 heteroatoms. The van der Waals surface area contributed by atoms with E-state index < -0.39 is 16.8 Å². The number of anilines is 2. The maximum Gasteiger partial charge on any atom is 0.433 e. The topological polar surface area (TPSA) is 113 Å². The highest BCUT2D eigenvalue weighted by Crippen LogP contribution is 2.30. The van der Waals surface area contributed by atoms with E-state index in [4.69, 9.17) is 5.11 Å². The maximum absolute atomic E-state index is 12.9. The summed E-state index contributed by atoms with van der Waals surface area (Å²) in [5, 5.41) is 24.8. The van der Waals surface area contributed by atoms with Gasteiger partial charge in [0.25, 0.3) is 5.69 Å². The number of hydrogen-bond acceptors (Lipinski definition) is 7. The van der Waals surface area contributed by atoms with Crippen LogP contribution in [0.15, 0.2) is 30.3 Å². The Morgan fingerprint density at radius 2 is 1.92 bits per heavy atom. The quantitative estimate of drug-likeness (QED) is 0.515. The molecule has 0 saturated carbocycles. The van der Waals surface area contributed by atoms with Crippen LogP contribution in [0.4, 0.5) is 30.6 Å². The Hall–Kier alpha value is -2.95. The lowest BCUT2D eigenvalue weighted by molar-refractivity contribution is -0.385. The summed E-state index contributed by atoms with van der Waals surface area (Å²) in [7, 11) is 0. The van der Waals surface area contributed by atoms with Gasteiger partial charge >= 0.3 is 6.18 Å². The summed E-state index contributed by atoms with van der Waals surface area (Å²) >= 11 is 0. The summed E-state index contributed by atoms with van der Waals surface area (Å²) in [4.78, 5) is 17.6. The molecule has 2 rings (SSSR count). The molecule has 8 nitrogen and oxygen atoms in total. The number of halogens is 3. The number of aliphatic hydroxyl groups excluding tert-OH is 1. The molecule has 0 atom stereocenters. The first-order chi connectivity index (χ1) is 11.8. The van der Waals surface area contributed by atoms with Crippen LogP contribution in [0.5, 0.6) is 0 Å². The molecule has 0 aliphatic carbocycles. The highest BCUT2D eigenvalue weighted by Gasteiger charge is 2.33. The van der Waals surface area contributed by atoms with Crippen molar-refractivity contribution >= 4 is 17.5 Å². The Labute approximate surface area is 139 Å². The zero-order valence-corrected chi connectivity index (χ0v) is 12.7. The Morgan fingerprint density at radius 1 is 1.20 bits per heavy atom. The zero-order valence-electron chi connectivity index (χ0n) is 12.7. The zero-order chi connectivity index (χ0) is 18.4. The molecular formula is C14H14F3N5O3. The Balaban J connectivity index is 2.25. The molecule has 1 aromatic heterocycles. The van der Waals surface area contributed by atoms with Gasteiger partial charge in [-0.05, 0) is 0 Å². The van der Waals surface area contributed by atoms with Gasteiger partial charge in [-0.3, -0.25) is 10.1 Å². The van der Waals surface area contributed by atoms with Crippen molar-refractivity contribution in [2.75, 3.05) is 23.8 Å². The largest absolute Gasteiger partial charge is 0.433 e. The first kappa shape index (κ1) is 18.4. The molecule has 0 spiro atoms. The van der Waals surface area contributed by atoms with Gasteiger partial charge in [-0.1, -0.05) is 18.2 Å². The Bertz CT molecular complexity index is 755. The molecule has 25 heavy (non-hydrogen) atoms. The van der Waals surface area contributed by atoms with E-state index in [0.29, 0.717) is 11.6 Å². The summed E-state index contributed by atoms with van der Waals surface area (Å²) in [6.07, 6.45) is -4.69. The summed E-state index contributed by atoms with van der Waals surface area (Å²) in [5.41, 5.74) is -1.03. The molecule has 0 aliphatic rings. The molecule has 134 valence electrons. The van der Waals surface area contributed by atoms with Crippen LogP contribution in [0, 0.1) is 10.1 Å². The van der Waals surface area contributed by atoms with E-state index in [2.05, 4.69) is 20.6 Å². The van der Waals surface area contributed by atoms with Crippen LogP contribution in [0.25, 0.3) is 0 Å². The van der Waals surface area contributed by atoms with Crippen LogP contribution in [0.3, 0.4) is 0 Å². The summed E-state index contributed by atoms with van der Waals surface area (Å²) in [6.45, 7) is -0.422. The summed E-state index contributed by atoms with van der Waals surface area (Å²) < 4.78 is 38.8. The fourth-order valence-corrected chi connectivity index (χ4v) is 1.95. The molecule has 1 heterocycles. The van der Waals surface area contributed by atoms with Gasteiger partial charge in [-0.15, -0.1) is 0 Å². The summed E-state index contributed by atoms with van der Waals surface area (Å²) in [5.74, 6) is -0.463. The monoisotopic (exact) mass is 357 g/mol. The van der Waals surface area contributed by atoms with E-state index in [-0.39, 0.29) is 37.1 Å². The van der Waals surface area contributed by atoms with Gasteiger partial charge in [0.05, 0.1) is 11.5 Å². The molecule has 0 unspecified atom stereocenters. The number of nitro benzene ring substituents is 1. The van der Waals surface area contributed by atoms with Crippen LogP contribution in [-0.2, 0) is 12.7 Å². The van der Waals surface area contributed by atoms with Crippen molar-refractivity contribution in [2.45, 2.75) is 12.7 Å². The van der Waals surface area contributed by atoms with Gasteiger partial charge in [0.1, 0.15) is 5.82 Å². The molecule has 0 bridgehead atoms. The van der Waals surface area contributed by atoms with Gasteiger partial charge in [-0.25, -0.2) is 4.98 Å². The van der Waals surface area contributed by atoms with E-state index in [1.807, 2.05) is 0 Å². The van der Waals surface area contributed by atoms with E-state index in [9.17, 15) is 23.3 Å². The normalized spacial score (nSPS) is 11.2. The lowest BCUT2D eigenvalue weighted by atomic mass is 10.2. The van der Waals surface area contributed by atoms with E-state index in [0.717, 1.165) is 0 Å². The molecule has 3 N–H and O–H groups in total. The third kappa shape index (κ3) is 5.01. The standard InChI is InChI=1S/C14H14F3N5O3/c15-14(16,17)11-7-12(21-13(20-11)18-5-6-23)19-8-9-3-1-2-4-10(9)22(24)25/h1-4,7,23H,5-6,8H2,(H2,18,19,20,21). The van der Waals surface area contributed by atoms with Crippen LogP contribution in [0.2, 0.25) is 0 Å². The van der Waals surface area contributed by atoms with Crippen molar-refractivity contribution in [3.63, 3.8) is 0 Å². The first-order valence-electron chi connectivity index (χ1n) is 7.08. The Kier molecular flexibility index (Phi) is 5.70. The van der Waals surface area contributed by atoms with E-state index in [1.54, 1.807) is 6.07 Å². The molecule has 0 aliphatic heterocycles. The Morgan fingerprint density at radius 3 is 2.56 bits per heavy atom. The van der Waals surface area contributed by atoms with Gasteiger partial charge in [0.15, 0.2) is 5.69 Å². The number of benzene rings is 1. The molecule has 0 radical (unpaired) electrons. The number of rotatable bonds is 7. The van der Waals surface area contributed by atoms with Crippen molar-refractivity contribution < 1.29 is 23.2 Å². The maximum atomic E-state index is 12.9. The minimum atomic E-state index is -4.69. The van der Waals surface area contributed by atoms with Gasteiger partial charge in [-0.2, -0.15) is 18.2 Å².